The number of hydrogen-bond acceptors (Lipinski definition) is 7. The van der Waals surface area contributed by atoms with Crippen molar-refractivity contribution < 1.29 is 4.52 Å². The van der Waals surface area contributed by atoms with E-state index in [2.05, 4.69) is 40.9 Å². The van der Waals surface area contributed by atoms with Gasteiger partial charge in [-0.2, -0.15) is 4.98 Å². The van der Waals surface area contributed by atoms with Gasteiger partial charge in [-0.1, -0.05) is 5.16 Å². The molecule has 128 valence electrons. The van der Waals surface area contributed by atoms with Crippen molar-refractivity contribution in [1.29, 1.82) is 0 Å². The third kappa shape index (κ3) is 5.29. The largest absolute Gasteiger partial charge is 0.354 e. The van der Waals surface area contributed by atoms with E-state index >= 15 is 0 Å². The summed E-state index contributed by atoms with van der Waals surface area (Å²) in [6.45, 7) is 4.77. The lowest BCUT2D eigenvalue weighted by molar-refractivity contribution is 0.239. The maximum absolute atomic E-state index is 5.46. The van der Waals surface area contributed by atoms with Gasteiger partial charge in [0.1, 0.15) is 5.82 Å². The predicted molar refractivity (Wildman–Crippen MR) is 96.1 cm³/mol. The van der Waals surface area contributed by atoms with Gasteiger partial charge >= 0.3 is 0 Å². The van der Waals surface area contributed by atoms with Gasteiger partial charge in [-0.05, 0) is 28.1 Å². The van der Waals surface area contributed by atoms with Crippen molar-refractivity contribution in [3.8, 4) is 0 Å². The van der Waals surface area contributed by atoms with E-state index in [-0.39, 0.29) is 31.4 Å². The molecule has 2 N–H and O–H groups in total. The van der Waals surface area contributed by atoms with Gasteiger partial charge in [-0.15, -0.1) is 24.8 Å². The van der Waals surface area contributed by atoms with E-state index in [1.54, 1.807) is 0 Å². The Morgan fingerprint density at radius 3 is 2.48 bits per heavy atom. The van der Waals surface area contributed by atoms with Crippen LogP contribution in [0, 0.1) is 0 Å². The van der Waals surface area contributed by atoms with E-state index in [0.29, 0.717) is 18.3 Å². The summed E-state index contributed by atoms with van der Waals surface area (Å²) in [5, 5.41) is 3.93. The smallest absolute Gasteiger partial charge is 0.240 e. The second-order valence-electron chi connectivity index (χ2n) is 4.91. The normalized spacial score (nSPS) is 15.0. The van der Waals surface area contributed by atoms with Crippen LogP contribution in [-0.4, -0.2) is 46.2 Å². The third-order valence-electron chi connectivity index (χ3n) is 3.46. The summed E-state index contributed by atoms with van der Waals surface area (Å²) in [4.78, 5) is 13.3. The lowest BCUT2D eigenvalue weighted by Crippen LogP contribution is -2.46. The molecule has 0 spiro atoms. The van der Waals surface area contributed by atoms with Crippen LogP contribution in [0.4, 0.5) is 5.82 Å². The molecule has 0 aromatic carbocycles. The van der Waals surface area contributed by atoms with Crippen LogP contribution in [0.3, 0.4) is 0 Å². The molecular formula is C13H19BrCl2N6O. The third-order valence-corrected chi connectivity index (χ3v) is 3.93. The highest BCUT2D eigenvalue weighted by Gasteiger charge is 2.19. The van der Waals surface area contributed by atoms with Crippen molar-refractivity contribution in [2.45, 2.75) is 13.1 Å². The molecule has 0 atom stereocenters. The Balaban J connectivity index is 0.00000132. The summed E-state index contributed by atoms with van der Waals surface area (Å²) in [5.41, 5.74) is 5.46. The number of aromatic nitrogens is 3. The molecule has 0 saturated carbocycles. The minimum absolute atomic E-state index is 0. The van der Waals surface area contributed by atoms with Gasteiger partial charge < -0.3 is 15.2 Å². The van der Waals surface area contributed by atoms with Gasteiger partial charge in [-0.3, -0.25) is 4.90 Å². The van der Waals surface area contributed by atoms with E-state index in [1.807, 2.05) is 18.3 Å². The second-order valence-corrected chi connectivity index (χ2v) is 5.82. The van der Waals surface area contributed by atoms with Crippen LogP contribution < -0.4 is 10.6 Å². The van der Waals surface area contributed by atoms with Crippen LogP contribution in [0.1, 0.15) is 11.7 Å². The summed E-state index contributed by atoms with van der Waals surface area (Å²) in [7, 11) is 0. The molecule has 7 nitrogen and oxygen atoms in total. The number of hydrogen-bond donors (Lipinski definition) is 1. The van der Waals surface area contributed by atoms with Crippen molar-refractivity contribution in [3.63, 3.8) is 0 Å². The molecule has 1 fully saturated rings. The van der Waals surface area contributed by atoms with Crippen molar-refractivity contribution in [2.24, 2.45) is 5.73 Å². The first-order valence-corrected chi connectivity index (χ1v) is 7.64. The molecule has 23 heavy (non-hydrogen) atoms. The van der Waals surface area contributed by atoms with E-state index < -0.39 is 0 Å². The van der Waals surface area contributed by atoms with E-state index in [0.717, 1.165) is 36.5 Å². The minimum atomic E-state index is 0. The molecule has 0 amide bonds. The zero-order chi connectivity index (χ0) is 14.7. The number of nitrogens with zero attached hydrogens (tertiary/aromatic N) is 5. The lowest BCUT2D eigenvalue weighted by Gasteiger charge is -2.34. The van der Waals surface area contributed by atoms with Crippen LogP contribution in [-0.2, 0) is 13.1 Å². The molecule has 2 aromatic heterocycles. The molecule has 0 unspecified atom stereocenters. The zero-order valence-corrected chi connectivity index (χ0v) is 15.6. The molecule has 0 radical (unpaired) electrons. The van der Waals surface area contributed by atoms with Gasteiger partial charge in [0.05, 0.1) is 13.1 Å². The summed E-state index contributed by atoms with van der Waals surface area (Å²) < 4.78 is 6.02. The Morgan fingerprint density at radius 1 is 1.17 bits per heavy atom. The van der Waals surface area contributed by atoms with Gasteiger partial charge in [-0.25, -0.2) is 4.98 Å². The standard InChI is InChI=1S/C13H17BrN6O.2ClH/c14-10-1-2-12(16-8-10)20-5-3-19(4-6-20)9-11-17-13(7-15)21-18-11;;/h1-2,8H,3-7,9,15H2;2*1H. The molecule has 1 aliphatic heterocycles. The van der Waals surface area contributed by atoms with Gasteiger partial charge in [0.15, 0.2) is 5.82 Å². The molecule has 0 bridgehead atoms. The van der Waals surface area contributed by atoms with E-state index in [4.69, 9.17) is 10.3 Å². The number of rotatable bonds is 4. The maximum atomic E-state index is 5.46. The molecule has 2 aromatic rings. The second kappa shape index (κ2) is 9.39. The molecule has 0 aliphatic carbocycles. The molecule has 1 aliphatic rings. The van der Waals surface area contributed by atoms with Crippen LogP contribution in [0.25, 0.3) is 0 Å². The molecule has 10 heteroatoms. The summed E-state index contributed by atoms with van der Waals surface area (Å²) >= 11 is 3.40. The molecule has 3 heterocycles. The molecule has 1 saturated heterocycles. The summed E-state index contributed by atoms with van der Waals surface area (Å²) in [6.07, 6.45) is 1.83. The Labute approximate surface area is 155 Å². The number of piperazine rings is 1. The van der Waals surface area contributed by atoms with Gasteiger partial charge in [0.2, 0.25) is 5.89 Å². The molecule has 3 rings (SSSR count). The van der Waals surface area contributed by atoms with Crippen molar-refractivity contribution in [3.05, 3.63) is 34.5 Å². The first-order chi connectivity index (χ1) is 10.2. The van der Waals surface area contributed by atoms with Gasteiger partial charge in [0, 0.05) is 36.8 Å². The van der Waals surface area contributed by atoms with E-state index in [9.17, 15) is 0 Å². The van der Waals surface area contributed by atoms with Crippen LogP contribution in [0.15, 0.2) is 27.3 Å². The average Bonchev–Trinajstić information content (AvgIpc) is 2.97. The fraction of sp³-hybridized carbons (Fsp3) is 0.462. The Morgan fingerprint density at radius 2 is 1.91 bits per heavy atom. The fourth-order valence-electron chi connectivity index (χ4n) is 2.33. The monoisotopic (exact) mass is 424 g/mol. The number of anilines is 1. The summed E-state index contributed by atoms with van der Waals surface area (Å²) in [5.74, 6) is 2.20. The van der Waals surface area contributed by atoms with Crippen LogP contribution >= 0.6 is 40.7 Å². The number of pyridine rings is 1. The fourth-order valence-corrected chi connectivity index (χ4v) is 2.56. The Hall–Kier alpha value is -0.930. The minimum Gasteiger partial charge on any atom is -0.354 e. The maximum Gasteiger partial charge on any atom is 0.240 e. The topological polar surface area (TPSA) is 84.3 Å². The zero-order valence-electron chi connectivity index (χ0n) is 12.4. The number of nitrogens with two attached hydrogens (primary N) is 1. The van der Waals surface area contributed by atoms with Crippen molar-refractivity contribution >= 4 is 46.6 Å². The van der Waals surface area contributed by atoms with Crippen LogP contribution in [0.2, 0.25) is 0 Å². The summed E-state index contributed by atoms with van der Waals surface area (Å²) in [6, 6.07) is 4.05. The quantitative estimate of drug-likeness (QED) is 0.799. The SMILES string of the molecule is Cl.Cl.NCc1nc(CN2CCN(c3ccc(Br)cn3)CC2)no1. The Kier molecular flexibility index (Phi) is 8.21. The average molecular weight is 426 g/mol. The van der Waals surface area contributed by atoms with Crippen LogP contribution in [0.5, 0.6) is 0 Å². The highest BCUT2D eigenvalue weighted by Crippen LogP contribution is 2.17. The number of halogens is 3. The molecular weight excluding hydrogens is 407 g/mol. The van der Waals surface area contributed by atoms with Crippen molar-refractivity contribution in [2.75, 3.05) is 31.1 Å². The van der Waals surface area contributed by atoms with E-state index in [1.165, 1.54) is 0 Å². The predicted octanol–water partition coefficient (Wildman–Crippen LogP) is 1.85. The highest BCUT2D eigenvalue weighted by atomic mass is 79.9. The highest BCUT2D eigenvalue weighted by molar-refractivity contribution is 9.10. The Bertz CT molecular complexity index is 588. The van der Waals surface area contributed by atoms with Gasteiger partial charge in [0.25, 0.3) is 0 Å². The van der Waals surface area contributed by atoms with Crippen molar-refractivity contribution in [1.82, 2.24) is 20.0 Å². The first kappa shape index (κ1) is 20.1. The first-order valence-electron chi connectivity index (χ1n) is 6.85. The lowest BCUT2D eigenvalue weighted by atomic mass is 10.3.